The zero-order valence-electron chi connectivity index (χ0n) is 6.64. The molecule has 12 heavy (non-hydrogen) atoms. The van der Waals surface area contributed by atoms with Crippen LogP contribution < -0.4 is 0 Å². The van der Waals surface area contributed by atoms with Crippen molar-refractivity contribution < 1.29 is 0 Å². The van der Waals surface area contributed by atoms with Gasteiger partial charge in [0.25, 0.3) is 0 Å². The van der Waals surface area contributed by atoms with Gasteiger partial charge in [-0.2, -0.15) is 0 Å². The normalized spacial score (nSPS) is 25.2. The minimum Gasteiger partial charge on any atom is -0.255 e. The summed E-state index contributed by atoms with van der Waals surface area (Å²) in [5, 5.41) is 1.00. The lowest BCUT2D eigenvalue weighted by atomic mass is 10.3. The third kappa shape index (κ3) is 1.20. The number of rotatable bonds is 1. The van der Waals surface area contributed by atoms with Crippen molar-refractivity contribution in [3.05, 3.63) is 0 Å². The molecule has 4 nitrogen and oxygen atoms in total. The molecule has 1 unspecified atom stereocenters. The molecule has 0 bridgehead atoms. The minimum atomic E-state index is -0.0139. The Bertz CT molecular complexity index is 303. The van der Waals surface area contributed by atoms with Crippen molar-refractivity contribution in [3.8, 4) is 0 Å². The second kappa shape index (κ2) is 3.18. The largest absolute Gasteiger partial charge is 0.255 e. The van der Waals surface area contributed by atoms with E-state index in [-0.39, 0.29) is 6.04 Å². The predicted molar refractivity (Wildman–Crippen MR) is 53.8 cm³/mol. The number of nitrogens with zero attached hydrogens (tertiary/aromatic N) is 4. The SMILES string of the molecule is CCSC1=NC=NC2=NC=NC21. The van der Waals surface area contributed by atoms with E-state index in [0.717, 1.165) is 16.6 Å². The van der Waals surface area contributed by atoms with Gasteiger partial charge in [0, 0.05) is 0 Å². The molecule has 5 heteroatoms. The molecule has 0 amide bonds. The maximum atomic E-state index is 4.16. The van der Waals surface area contributed by atoms with Gasteiger partial charge < -0.3 is 0 Å². The van der Waals surface area contributed by atoms with Crippen LogP contribution in [0, 0.1) is 0 Å². The summed E-state index contributed by atoms with van der Waals surface area (Å²) in [5.41, 5.74) is 0. The maximum Gasteiger partial charge on any atom is 0.163 e. The van der Waals surface area contributed by atoms with Gasteiger partial charge in [-0.15, -0.1) is 11.8 Å². The minimum absolute atomic E-state index is 0.0139. The summed E-state index contributed by atoms with van der Waals surface area (Å²) in [5.74, 6) is 1.77. The highest BCUT2D eigenvalue weighted by atomic mass is 32.2. The fourth-order valence-electron chi connectivity index (χ4n) is 1.05. The van der Waals surface area contributed by atoms with Gasteiger partial charge in [0.1, 0.15) is 17.7 Å². The zero-order chi connectivity index (χ0) is 8.39. The number of hydrogen-bond acceptors (Lipinski definition) is 5. The lowest BCUT2D eigenvalue weighted by Gasteiger charge is -2.11. The summed E-state index contributed by atoms with van der Waals surface area (Å²) >= 11 is 1.69. The highest BCUT2D eigenvalue weighted by Crippen LogP contribution is 2.17. The number of hydrogen-bond donors (Lipinski definition) is 0. The molecule has 62 valence electrons. The molecule has 0 spiro atoms. The molecule has 2 heterocycles. The van der Waals surface area contributed by atoms with Gasteiger partial charge in [-0.3, -0.25) is 4.99 Å². The molecule has 2 aliphatic heterocycles. The molecule has 2 rings (SSSR count). The van der Waals surface area contributed by atoms with Gasteiger partial charge in [0.2, 0.25) is 0 Å². The van der Waals surface area contributed by atoms with Crippen LogP contribution in [-0.2, 0) is 0 Å². The summed E-state index contributed by atoms with van der Waals surface area (Å²) in [6.07, 6.45) is 3.09. The number of fused-ring (bicyclic) bond motifs is 1. The van der Waals surface area contributed by atoms with Crippen LogP contribution in [0.2, 0.25) is 0 Å². The van der Waals surface area contributed by atoms with E-state index in [9.17, 15) is 0 Å². The van der Waals surface area contributed by atoms with Crippen molar-refractivity contribution in [2.75, 3.05) is 5.75 Å². The molecular formula is C7H8N4S. The van der Waals surface area contributed by atoms with Crippen LogP contribution in [0.5, 0.6) is 0 Å². The Morgan fingerprint density at radius 3 is 3.17 bits per heavy atom. The first kappa shape index (κ1) is 7.67. The fraction of sp³-hybridized carbons (Fsp3) is 0.429. The highest BCUT2D eigenvalue weighted by molar-refractivity contribution is 8.14. The molecular weight excluding hydrogens is 172 g/mol. The van der Waals surface area contributed by atoms with Crippen molar-refractivity contribution in [1.29, 1.82) is 0 Å². The van der Waals surface area contributed by atoms with Crippen molar-refractivity contribution in [2.24, 2.45) is 20.0 Å². The Labute approximate surface area is 74.6 Å². The zero-order valence-corrected chi connectivity index (χ0v) is 7.45. The molecule has 2 aliphatic rings. The van der Waals surface area contributed by atoms with Crippen LogP contribution in [-0.4, -0.2) is 35.4 Å². The van der Waals surface area contributed by atoms with Crippen LogP contribution >= 0.6 is 11.8 Å². The third-order valence-corrected chi connectivity index (χ3v) is 2.46. The van der Waals surface area contributed by atoms with Gasteiger partial charge in [-0.1, -0.05) is 6.92 Å². The summed E-state index contributed by atoms with van der Waals surface area (Å²) in [6, 6.07) is -0.0139. The van der Waals surface area contributed by atoms with Crippen LogP contribution in [0.3, 0.4) is 0 Å². The standard InChI is InChI=1S/C7H8N4S/c1-2-12-7-5-6(9-3-8-5)10-4-11-7/h3-5H,2H2,1H3. The summed E-state index contributed by atoms with van der Waals surface area (Å²) in [7, 11) is 0. The van der Waals surface area contributed by atoms with E-state index < -0.39 is 0 Å². The summed E-state index contributed by atoms with van der Waals surface area (Å²) in [6.45, 7) is 2.09. The van der Waals surface area contributed by atoms with Crippen molar-refractivity contribution in [3.63, 3.8) is 0 Å². The summed E-state index contributed by atoms with van der Waals surface area (Å²) < 4.78 is 0. The van der Waals surface area contributed by atoms with Gasteiger partial charge in [-0.25, -0.2) is 15.0 Å². The van der Waals surface area contributed by atoms with Crippen molar-refractivity contribution in [2.45, 2.75) is 13.0 Å². The lowest BCUT2D eigenvalue weighted by molar-refractivity contribution is 1.16. The van der Waals surface area contributed by atoms with E-state index in [4.69, 9.17) is 0 Å². The van der Waals surface area contributed by atoms with E-state index in [1.807, 2.05) is 0 Å². The van der Waals surface area contributed by atoms with E-state index >= 15 is 0 Å². The van der Waals surface area contributed by atoms with Gasteiger partial charge in [0.15, 0.2) is 11.9 Å². The smallest absolute Gasteiger partial charge is 0.163 e. The molecule has 0 aromatic carbocycles. The second-order valence-corrected chi connectivity index (χ2v) is 3.58. The average molecular weight is 180 g/mol. The van der Waals surface area contributed by atoms with Crippen molar-refractivity contribution >= 4 is 35.3 Å². The van der Waals surface area contributed by atoms with E-state index in [1.54, 1.807) is 24.4 Å². The predicted octanol–water partition coefficient (Wildman–Crippen LogP) is 0.989. The molecule has 1 atom stereocenters. The maximum absolute atomic E-state index is 4.16. The topological polar surface area (TPSA) is 49.4 Å². The Kier molecular flexibility index (Phi) is 2.03. The average Bonchev–Trinajstić information content (AvgIpc) is 2.53. The molecule has 0 fully saturated rings. The highest BCUT2D eigenvalue weighted by Gasteiger charge is 2.25. The summed E-state index contributed by atoms with van der Waals surface area (Å²) in [4.78, 5) is 16.4. The Balaban J connectivity index is 2.23. The van der Waals surface area contributed by atoms with Crippen LogP contribution in [0.15, 0.2) is 20.0 Å². The van der Waals surface area contributed by atoms with Crippen LogP contribution in [0.25, 0.3) is 0 Å². The molecule has 0 radical (unpaired) electrons. The van der Waals surface area contributed by atoms with E-state index in [2.05, 4.69) is 26.9 Å². The van der Waals surface area contributed by atoms with E-state index in [1.165, 1.54) is 0 Å². The Morgan fingerprint density at radius 1 is 1.42 bits per heavy atom. The molecule has 0 aromatic rings. The number of amidine groups is 1. The molecule has 0 N–H and O–H groups in total. The third-order valence-electron chi connectivity index (χ3n) is 1.55. The van der Waals surface area contributed by atoms with Gasteiger partial charge >= 0.3 is 0 Å². The monoisotopic (exact) mass is 180 g/mol. The molecule has 0 saturated carbocycles. The lowest BCUT2D eigenvalue weighted by Crippen LogP contribution is -2.25. The van der Waals surface area contributed by atoms with Gasteiger partial charge in [-0.05, 0) is 5.75 Å². The first-order valence-corrected chi connectivity index (χ1v) is 4.72. The van der Waals surface area contributed by atoms with E-state index in [0.29, 0.717) is 0 Å². The first-order chi connectivity index (χ1) is 5.92. The second-order valence-electron chi connectivity index (χ2n) is 2.30. The molecule has 0 saturated heterocycles. The first-order valence-electron chi connectivity index (χ1n) is 3.74. The Hall–Kier alpha value is -0.970. The molecule has 0 aromatic heterocycles. The van der Waals surface area contributed by atoms with Crippen LogP contribution in [0.4, 0.5) is 0 Å². The Morgan fingerprint density at radius 2 is 2.33 bits per heavy atom. The fourth-order valence-corrected chi connectivity index (χ4v) is 1.80. The number of thioether (sulfide) groups is 1. The van der Waals surface area contributed by atoms with Crippen molar-refractivity contribution in [1.82, 2.24) is 0 Å². The number of aliphatic imine (C=N–C) groups is 4. The van der Waals surface area contributed by atoms with Gasteiger partial charge in [0.05, 0.1) is 0 Å². The molecule has 0 aliphatic carbocycles. The quantitative estimate of drug-likeness (QED) is 0.593. The van der Waals surface area contributed by atoms with Crippen LogP contribution in [0.1, 0.15) is 6.92 Å².